The summed E-state index contributed by atoms with van der Waals surface area (Å²) >= 11 is 0. The zero-order valence-corrected chi connectivity index (χ0v) is 9.20. The van der Waals surface area contributed by atoms with E-state index >= 15 is 0 Å². The average Bonchev–Trinajstić information content (AvgIpc) is 2.77. The Kier molecular flexibility index (Phi) is 2.45. The molecule has 2 rings (SSSR count). The first-order valence-corrected chi connectivity index (χ1v) is 4.90. The van der Waals surface area contributed by atoms with Crippen LogP contribution in [-0.2, 0) is 0 Å². The number of H-pyrrole nitrogens is 1. The van der Waals surface area contributed by atoms with E-state index < -0.39 is 0 Å². The number of hydrogen-bond donors (Lipinski definition) is 2. The highest BCUT2D eigenvalue weighted by Crippen LogP contribution is 2.19. The Labute approximate surface area is 88.9 Å². The molecular weight excluding hydrogens is 190 g/mol. The molecule has 5 nitrogen and oxygen atoms in total. The number of aromatic nitrogens is 3. The van der Waals surface area contributed by atoms with Crippen molar-refractivity contribution in [2.24, 2.45) is 0 Å². The fraction of sp³-hybridized carbons (Fsp3) is 0.400. The molecule has 1 aromatic heterocycles. The van der Waals surface area contributed by atoms with Crippen LogP contribution in [0.4, 0.5) is 11.9 Å². The third-order valence-electron chi connectivity index (χ3n) is 2.30. The molecule has 1 aliphatic carbocycles. The largest absolute Gasteiger partial charge is 0.346 e. The van der Waals surface area contributed by atoms with Crippen molar-refractivity contribution in [2.75, 3.05) is 24.3 Å². The van der Waals surface area contributed by atoms with E-state index in [2.05, 4.69) is 39.6 Å². The predicted octanol–water partition coefficient (Wildman–Crippen LogP) is 1.52. The molecule has 80 valence electrons. The Morgan fingerprint density at radius 1 is 1.47 bits per heavy atom. The van der Waals surface area contributed by atoms with Crippen LogP contribution in [0.5, 0.6) is 0 Å². The van der Waals surface area contributed by atoms with Crippen LogP contribution in [0.2, 0.25) is 0 Å². The fourth-order valence-electron chi connectivity index (χ4n) is 1.39. The summed E-state index contributed by atoms with van der Waals surface area (Å²) in [4.78, 5) is 6.14. The highest BCUT2D eigenvalue weighted by Gasteiger charge is 2.08. The normalized spacial score (nSPS) is 14.9. The lowest BCUT2D eigenvalue weighted by atomic mass is 10.2. The van der Waals surface area contributed by atoms with Crippen LogP contribution in [0.1, 0.15) is 13.3 Å². The van der Waals surface area contributed by atoms with Gasteiger partial charge in [-0.2, -0.15) is 4.98 Å². The molecule has 0 aliphatic heterocycles. The SMILES string of the molecule is CC1=C(Nc2nc(N(C)C)n[nH]2)C=CC1. The number of rotatable bonds is 3. The van der Waals surface area contributed by atoms with E-state index in [0.29, 0.717) is 11.9 Å². The summed E-state index contributed by atoms with van der Waals surface area (Å²) < 4.78 is 0. The molecule has 15 heavy (non-hydrogen) atoms. The number of anilines is 2. The van der Waals surface area contributed by atoms with Crippen LogP contribution >= 0.6 is 0 Å². The third kappa shape index (κ3) is 2.01. The molecule has 0 spiro atoms. The van der Waals surface area contributed by atoms with E-state index in [4.69, 9.17) is 0 Å². The Bertz CT molecular complexity index is 413. The maximum absolute atomic E-state index is 4.29. The smallest absolute Gasteiger partial charge is 0.245 e. The van der Waals surface area contributed by atoms with Crippen molar-refractivity contribution in [3.05, 3.63) is 23.4 Å². The first-order valence-electron chi connectivity index (χ1n) is 4.90. The molecule has 1 aliphatic rings. The van der Waals surface area contributed by atoms with Crippen LogP contribution in [0.15, 0.2) is 23.4 Å². The first-order chi connectivity index (χ1) is 7.16. The molecule has 0 amide bonds. The lowest BCUT2D eigenvalue weighted by Crippen LogP contribution is -2.10. The zero-order chi connectivity index (χ0) is 10.8. The molecule has 0 aromatic carbocycles. The van der Waals surface area contributed by atoms with Gasteiger partial charge in [0.1, 0.15) is 0 Å². The molecule has 0 saturated carbocycles. The van der Waals surface area contributed by atoms with Crippen LogP contribution < -0.4 is 10.2 Å². The Morgan fingerprint density at radius 3 is 2.80 bits per heavy atom. The van der Waals surface area contributed by atoms with Gasteiger partial charge >= 0.3 is 0 Å². The zero-order valence-electron chi connectivity index (χ0n) is 9.20. The van der Waals surface area contributed by atoms with Gasteiger partial charge < -0.3 is 10.2 Å². The summed E-state index contributed by atoms with van der Waals surface area (Å²) in [5.74, 6) is 1.36. The Morgan fingerprint density at radius 2 is 2.27 bits per heavy atom. The van der Waals surface area contributed by atoms with Crippen molar-refractivity contribution in [1.82, 2.24) is 15.2 Å². The summed E-state index contributed by atoms with van der Waals surface area (Å²) in [6, 6.07) is 0. The van der Waals surface area contributed by atoms with E-state index in [-0.39, 0.29) is 0 Å². The Balaban J connectivity index is 2.11. The predicted molar refractivity (Wildman–Crippen MR) is 60.8 cm³/mol. The van der Waals surface area contributed by atoms with Crippen LogP contribution in [0.3, 0.4) is 0 Å². The molecule has 0 atom stereocenters. The second-order valence-corrected chi connectivity index (χ2v) is 3.80. The van der Waals surface area contributed by atoms with Gasteiger partial charge in [0.25, 0.3) is 0 Å². The molecule has 0 unspecified atom stereocenters. The van der Waals surface area contributed by atoms with Gasteiger partial charge in [-0.1, -0.05) is 6.08 Å². The van der Waals surface area contributed by atoms with Crippen LogP contribution in [0.25, 0.3) is 0 Å². The van der Waals surface area contributed by atoms with Crippen molar-refractivity contribution in [3.63, 3.8) is 0 Å². The van der Waals surface area contributed by atoms with Gasteiger partial charge in [0.15, 0.2) is 0 Å². The number of nitrogens with one attached hydrogen (secondary N) is 2. The molecule has 0 bridgehead atoms. The van der Waals surface area contributed by atoms with E-state index in [1.807, 2.05) is 19.0 Å². The van der Waals surface area contributed by atoms with Gasteiger partial charge in [0.05, 0.1) is 0 Å². The van der Waals surface area contributed by atoms with Crippen LogP contribution in [-0.4, -0.2) is 29.3 Å². The van der Waals surface area contributed by atoms with Crippen molar-refractivity contribution in [2.45, 2.75) is 13.3 Å². The number of nitrogens with zero attached hydrogens (tertiary/aromatic N) is 3. The van der Waals surface area contributed by atoms with E-state index in [0.717, 1.165) is 12.1 Å². The highest BCUT2D eigenvalue weighted by molar-refractivity contribution is 5.47. The maximum atomic E-state index is 4.29. The molecule has 2 N–H and O–H groups in total. The minimum Gasteiger partial charge on any atom is -0.346 e. The van der Waals surface area contributed by atoms with E-state index in [9.17, 15) is 0 Å². The average molecular weight is 205 g/mol. The molecule has 0 radical (unpaired) electrons. The highest BCUT2D eigenvalue weighted by atomic mass is 15.4. The molecule has 0 saturated heterocycles. The monoisotopic (exact) mass is 205 g/mol. The molecular formula is C10H15N5. The summed E-state index contributed by atoms with van der Waals surface area (Å²) in [6.45, 7) is 2.10. The number of hydrogen-bond acceptors (Lipinski definition) is 4. The van der Waals surface area contributed by atoms with E-state index in [1.165, 1.54) is 5.57 Å². The van der Waals surface area contributed by atoms with Gasteiger partial charge in [0.2, 0.25) is 11.9 Å². The van der Waals surface area contributed by atoms with Gasteiger partial charge in [-0.05, 0) is 25.0 Å². The number of allylic oxidation sites excluding steroid dienone is 3. The fourth-order valence-corrected chi connectivity index (χ4v) is 1.39. The lowest BCUT2D eigenvalue weighted by Gasteiger charge is -2.04. The second-order valence-electron chi connectivity index (χ2n) is 3.80. The summed E-state index contributed by atoms with van der Waals surface area (Å²) in [6.07, 6.45) is 5.20. The molecule has 0 fully saturated rings. The van der Waals surface area contributed by atoms with E-state index in [1.54, 1.807) is 0 Å². The van der Waals surface area contributed by atoms with Gasteiger partial charge in [-0.15, -0.1) is 5.10 Å². The van der Waals surface area contributed by atoms with Crippen LogP contribution in [0, 0.1) is 0 Å². The standard InChI is InChI=1S/C10H15N5/c1-7-5-4-6-8(7)11-9-12-10(14-13-9)15(2)3/h4,6H,5H2,1-3H3,(H2,11,12,13,14). The minimum atomic E-state index is 0.678. The minimum absolute atomic E-state index is 0.678. The molecule has 1 heterocycles. The number of aromatic amines is 1. The Hall–Kier alpha value is -1.78. The first kappa shape index (κ1) is 9.76. The quantitative estimate of drug-likeness (QED) is 0.785. The van der Waals surface area contributed by atoms with Gasteiger partial charge in [-0.25, -0.2) is 5.10 Å². The van der Waals surface area contributed by atoms with Crippen molar-refractivity contribution < 1.29 is 0 Å². The molecule has 1 aromatic rings. The lowest BCUT2D eigenvalue weighted by molar-refractivity contribution is 0.998. The van der Waals surface area contributed by atoms with Crippen molar-refractivity contribution in [1.29, 1.82) is 0 Å². The summed E-state index contributed by atoms with van der Waals surface area (Å²) in [5.41, 5.74) is 2.43. The second kappa shape index (κ2) is 3.76. The summed E-state index contributed by atoms with van der Waals surface area (Å²) in [7, 11) is 3.82. The van der Waals surface area contributed by atoms with Crippen molar-refractivity contribution in [3.8, 4) is 0 Å². The molecule has 5 heteroatoms. The third-order valence-corrected chi connectivity index (χ3v) is 2.30. The summed E-state index contributed by atoms with van der Waals surface area (Å²) in [5, 5.41) is 10.1. The van der Waals surface area contributed by atoms with Gasteiger partial charge in [-0.3, -0.25) is 0 Å². The van der Waals surface area contributed by atoms with Gasteiger partial charge in [0, 0.05) is 19.8 Å². The topological polar surface area (TPSA) is 56.8 Å². The maximum Gasteiger partial charge on any atom is 0.245 e. The van der Waals surface area contributed by atoms with Crippen molar-refractivity contribution >= 4 is 11.9 Å².